The molecule has 1 amide bonds. The van der Waals surface area contributed by atoms with Gasteiger partial charge < -0.3 is 19.9 Å². The second-order valence-electron chi connectivity index (χ2n) is 6.49. The highest BCUT2D eigenvalue weighted by Gasteiger charge is 2.39. The van der Waals surface area contributed by atoms with Gasteiger partial charge in [0.25, 0.3) is 5.91 Å². The average molecular weight is 334 g/mol. The maximum atomic E-state index is 12.4. The smallest absolute Gasteiger partial charge is 0.251 e. The first-order chi connectivity index (χ1) is 11.7. The SMILES string of the molecule is COCc1ccc(C(=O)N[C@@H]2CC[C@@H](N3CCOCC3)[C@@H]2O)cc1. The Morgan fingerprint density at radius 3 is 2.67 bits per heavy atom. The number of nitrogens with one attached hydrogen (secondary N) is 1. The molecule has 0 bridgehead atoms. The molecule has 3 atom stereocenters. The van der Waals surface area contributed by atoms with Crippen molar-refractivity contribution in [3.8, 4) is 0 Å². The van der Waals surface area contributed by atoms with Crippen LogP contribution in [0.3, 0.4) is 0 Å². The van der Waals surface area contributed by atoms with E-state index in [0.29, 0.717) is 25.4 Å². The molecule has 2 N–H and O–H groups in total. The summed E-state index contributed by atoms with van der Waals surface area (Å²) in [7, 11) is 1.65. The molecule has 0 aromatic heterocycles. The number of methoxy groups -OCH3 is 1. The summed E-state index contributed by atoms with van der Waals surface area (Å²) in [6.07, 6.45) is 1.18. The van der Waals surface area contributed by atoms with E-state index >= 15 is 0 Å². The van der Waals surface area contributed by atoms with Crippen LogP contribution in [0.15, 0.2) is 24.3 Å². The van der Waals surface area contributed by atoms with E-state index in [9.17, 15) is 9.90 Å². The molecule has 1 aliphatic carbocycles. The molecule has 132 valence electrons. The molecule has 0 unspecified atom stereocenters. The Morgan fingerprint density at radius 1 is 1.29 bits per heavy atom. The van der Waals surface area contributed by atoms with E-state index in [1.54, 1.807) is 19.2 Å². The Labute approximate surface area is 142 Å². The van der Waals surface area contributed by atoms with Crippen molar-refractivity contribution >= 4 is 5.91 Å². The van der Waals surface area contributed by atoms with E-state index in [1.165, 1.54) is 0 Å². The van der Waals surface area contributed by atoms with Crippen LogP contribution in [-0.2, 0) is 16.1 Å². The van der Waals surface area contributed by atoms with Crippen LogP contribution in [-0.4, -0.2) is 67.5 Å². The topological polar surface area (TPSA) is 71.0 Å². The average Bonchev–Trinajstić information content (AvgIpc) is 2.97. The molecule has 1 aromatic carbocycles. The maximum Gasteiger partial charge on any atom is 0.251 e. The predicted octanol–water partition coefficient (Wildman–Crippen LogP) is 0.787. The Bertz CT molecular complexity index is 542. The zero-order valence-corrected chi connectivity index (χ0v) is 14.1. The monoisotopic (exact) mass is 334 g/mol. The highest BCUT2D eigenvalue weighted by molar-refractivity contribution is 5.94. The largest absolute Gasteiger partial charge is 0.389 e. The van der Waals surface area contributed by atoms with Gasteiger partial charge in [0.2, 0.25) is 0 Å². The van der Waals surface area contributed by atoms with Gasteiger partial charge in [-0.25, -0.2) is 0 Å². The number of ether oxygens (including phenoxy) is 2. The number of carbonyl (C=O) groups excluding carboxylic acids is 1. The van der Waals surface area contributed by atoms with Crippen molar-refractivity contribution in [1.82, 2.24) is 10.2 Å². The lowest BCUT2D eigenvalue weighted by Gasteiger charge is -2.34. The van der Waals surface area contributed by atoms with Crippen molar-refractivity contribution in [2.24, 2.45) is 0 Å². The van der Waals surface area contributed by atoms with Crippen LogP contribution < -0.4 is 5.32 Å². The fourth-order valence-corrected chi connectivity index (χ4v) is 3.60. The van der Waals surface area contributed by atoms with Crippen LogP contribution in [0.1, 0.15) is 28.8 Å². The summed E-state index contributed by atoms with van der Waals surface area (Å²) < 4.78 is 10.4. The van der Waals surface area contributed by atoms with Crippen LogP contribution in [0.4, 0.5) is 0 Å². The highest BCUT2D eigenvalue weighted by atomic mass is 16.5. The van der Waals surface area contributed by atoms with Crippen LogP contribution in [0.2, 0.25) is 0 Å². The van der Waals surface area contributed by atoms with E-state index < -0.39 is 6.10 Å². The zero-order chi connectivity index (χ0) is 16.9. The van der Waals surface area contributed by atoms with Crippen LogP contribution in [0.25, 0.3) is 0 Å². The molecule has 1 heterocycles. The lowest BCUT2D eigenvalue weighted by atomic mass is 10.1. The minimum absolute atomic E-state index is 0.114. The molecular formula is C18H26N2O4. The van der Waals surface area contributed by atoms with Gasteiger partial charge in [-0.3, -0.25) is 9.69 Å². The van der Waals surface area contributed by atoms with Crippen molar-refractivity contribution in [3.63, 3.8) is 0 Å². The van der Waals surface area contributed by atoms with Gasteiger partial charge in [-0.1, -0.05) is 12.1 Å². The number of nitrogens with zero attached hydrogens (tertiary/aromatic N) is 1. The van der Waals surface area contributed by atoms with Gasteiger partial charge in [0, 0.05) is 31.8 Å². The van der Waals surface area contributed by atoms with Crippen LogP contribution in [0, 0.1) is 0 Å². The summed E-state index contributed by atoms with van der Waals surface area (Å²) >= 11 is 0. The lowest BCUT2D eigenvalue weighted by Crippen LogP contribution is -2.51. The van der Waals surface area contributed by atoms with Gasteiger partial charge in [-0.05, 0) is 30.5 Å². The highest BCUT2D eigenvalue weighted by Crippen LogP contribution is 2.26. The van der Waals surface area contributed by atoms with E-state index in [-0.39, 0.29) is 18.0 Å². The van der Waals surface area contributed by atoms with Gasteiger partial charge in [0.1, 0.15) is 0 Å². The third-order valence-electron chi connectivity index (χ3n) is 4.94. The van der Waals surface area contributed by atoms with Crippen molar-refractivity contribution in [1.29, 1.82) is 0 Å². The second-order valence-corrected chi connectivity index (χ2v) is 6.49. The van der Waals surface area contributed by atoms with Crippen molar-refractivity contribution < 1.29 is 19.4 Å². The molecule has 1 saturated carbocycles. The molecular weight excluding hydrogens is 308 g/mol. The zero-order valence-electron chi connectivity index (χ0n) is 14.1. The number of hydrogen-bond acceptors (Lipinski definition) is 5. The quantitative estimate of drug-likeness (QED) is 0.833. The minimum Gasteiger partial charge on any atom is -0.389 e. The number of aliphatic hydroxyl groups excluding tert-OH is 1. The van der Waals surface area contributed by atoms with E-state index in [0.717, 1.165) is 31.5 Å². The number of rotatable bonds is 5. The third-order valence-corrected chi connectivity index (χ3v) is 4.94. The molecule has 6 nitrogen and oxygen atoms in total. The molecule has 1 aliphatic heterocycles. The number of amides is 1. The fourth-order valence-electron chi connectivity index (χ4n) is 3.60. The molecule has 2 fully saturated rings. The number of morpholine rings is 1. The molecule has 1 aromatic rings. The summed E-state index contributed by atoms with van der Waals surface area (Å²) in [4.78, 5) is 14.7. The Hall–Kier alpha value is -1.47. The minimum atomic E-state index is -0.528. The Morgan fingerprint density at radius 2 is 2.00 bits per heavy atom. The summed E-state index contributed by atoms with van der Waals surface area (Å²) in [5.74, 6) is -0.134. The first-order valence-electron chi connectivity index (χ1n) is 8.57. The van der Waals surface area contributed by atoms with E-state index in [2.05, 4.69) is 10.2 Å². The third kappa shape index (κ3) is 3.95. The summed E-state index contributed by atoms with van der Waals surface area (Å²) in [6.45, 7) is 3.67. The van der Waals surface area contributed by atoms with Crippen LogP contribution >= 0.6 is 0 Å². The van der Waals surface area contributed by atoms with Gasteiger partial charge in [-0.15, -0.1) is 0 Å². The van der Waals surface area contributed by atoms with Crippen molar-refractivity contribution in [2.45, 2.75) is 37.6 Å². The lowest BCUT2D eigenvalue weighted by molar-refractivity contribution is -0.0154. The number of benzene rings is 1. The molecule has 24 heavy (non-hydrogen) atoms. The first-order valence-corrected chi connectivity index (χ1v) is 8.57. The Kier molecular flexibility index (Phi) is 5.84. The standard InChI is InChI=1S/C18H26N2O4/c1-23-12-13-2-4-14(5-3-13)18(22)19-15-6-7-16(17(15)21)20-8-10-24-11-9-20/h2-5,15-17,21H,6-12H2,1H3,(H,19,22)/t15-,16-,17-/m1/s1. The summed E-state index contributed by atoms with van der Waals surface area (Å²) in [5, 5.41) is 13.6. The van der Waals surface area contributed by atoms with Gasteiger partial charge in [0.15, 0.2) is 0 Å². The van der Waals surface area contributed by atoms with Crippen molar-refractivity contribution in [3.05, 3.63) is 35.4 Å². The molecule has 3 rings (SSSR count). The molecule has 0 spiro atoms. The van der Waals surface area contributed by atoms with Gasteiger partial charge >= 0.3 is 0 Å². The van der Waals surface area contributed by atoms with Gasteiger partial charge in [-0.2, -0.15) is 0 Å². The summed E-state index contributed by atoms with van der Waals surface area (Å²) in [6, 6.07) is 7.29. The van der Waals surface area contributed by atoms with E-state index in [1.807, 2.05) is 12.1 Å². The second kappa shape index (κ2) is 8.07. The molecule has 2 aliphatic rings. The normalized spacial score (nSPS) is 28.0. The maximum absolute atomic E-state index is 12.4. The number of aliphatic hydroxyl groups is 1. The first kappa shape index (κ1) is 17.4. The predicted molar refractivity (Wildman–Crippen MR) is 89.8 cm³/mol. The van der Waals surface area contributed by atoms with Crippen LogP contribution in [0.5, 0.6) is 0 Å². The van der Waals surface area contributed by atoms with Crippen molar-refractivity contribution in [2.75, 3.05) is 33.4 Å². The number of carbonyl (C=O) groups is 1. The van der Waals surface area contributed by atoms with Gasteiger partial charge in [0.05, 0.1) is 32.0 Å². The summed E-state index contributed by atoms with van der Waals surface area (Å²) in [5.41, 5.74) is 1.64. The fraction of sp³-hybridized carbons (Fsp3) is 0.611. The molecule has 0 radical (unpaired) electrons. The number of hydrogen-bond donors (Lipinski definition) is 2. The Balaban J connectivity index is 1.56. The molecule has 6 heteroatoms. The molecule has 1 saturated heterocycles. The van der Waals surface area contributed by atoms with E-state index in [4.69, 9.17) is 9.47 Å².